The van der Waals surface area contributed by atoms with Crippen LogP contribution in [0.5, 0.6) is 0 Å². The summed E-state index contributed by atoms with van der Waals surface area (Å²) < 4.78 is 5.21. The fraction of sp³-hybridized carbons (Fsp3) is 1.00. The second-order valence-electron chi connectivity index (χ2n) is 2.88. The molecule has 0 radical (unpaired) electrons. The molecule has 9 heavy (non-hydrogen) atoms. The highest BCUT2D eigenvalue weighted by Crippen LogP contribution is 2.16. The number of likely N-dealkylation sites (tertiary alicyclic amines) is 1. The summed E-state index contributed by atoms with van der Waals surface area (Å²) in [5.41, 5.74) is 0. The maximum Gasteiger partial charge on any atom is 0.0713 e. The van der Waals surface area contributed by atoms with Crippen LogP contribution in [0, 0.1) is 0 Å². The molecule has 1 saturated heterocycles. The van der Waals surface area contributed by atoms with Crippen molar-refractivity contribution in [2.24, 2.45) is 0 Å². The van der Waals surface area contributed by atoms with Crippen LogP contribution in [-0.2, 0) is 4.74 Å². The summed E-state index contributed by atoms with van der Waals surface area (Å²) in [5.74, 6) is 0. The Balaban J connectivity index is 2.35. The standard InChI is InChI=1S/C7H15NO/c1-6-4-7(9-3)5-8(6)2/h6-7H,4-5H2,1-3H3. The van der Waals surface area contributed by atoms with Crippen molar-refractivity contribution in [1.82, 2.24) is 4.90 Å². The first kappa shape index (κ1) is 7.03. The summed E-state index contributed by atoms with van der Waals surface area (Å²) in [6.07, 6.45) is 1.66. The van der Waals surface area contributed by atoms with Crippen LogP contribution in [-0.4, -0.2) is 37.7 Å². The highest BCUT2D eigenvalue weighted by molar-refractivity contribution is 4.79. The van der Waals surface area contributed by atoms with Crippen molar-refractivity contribution >= 4 is 0 Å². The zero-order valence-electron chi connectivity index (χ0n) is 6.42. The Kier molecular flexibility index (Phi) is 2.09. The molecule has 0 N–H and O–H groups in total. The minimum atomic E-state index is 0.477. The maximum atomic E-state index is 5.21. The van der Waals surface area contributed by atoms with Crippen LogP contribution in [0.15, 0.2) is 0 Å². The van der Waals surface area contributed by atoms with E-state index in [-0.39, 0.29) is 0 Å². The smallest absolute Gasteiger partial charge is 0.0713 e. The molecule has 1 rings (SSSR count). The van der Waals surface area contributed by atoms with Gasteiger partial charge in [0, 0.05) is 19.7 Å². The molecule has 0 aliphatic carbocycles. The number of hydrogen-bond donors (Lipinski definition) is 0. The third kappa shape index (κ3) is 1.43. The van der Waals surface area contributed by atoms with Gasteiger partial charge in [-0.25, -0.2) is 0 Å². The zero-order chi connectivity index (χ0) is 6.85. The number of nitrogens with zero attached hydrogens (tertiary/aromatic N) is 1. The number of likely N-dealkylation sites (N-methyl/N-ethyl adjacent to an activating group) is 1. The normalized spacial score (nSPS) is 37.7. The Morgan fingerprint density at radius 2 is 2.22 bits per heavy atom. The average Bonchev–Trinajstić information content (AvgIpc) is 2.13. The largest absolute Gasteiger partial charge is 0.380 e. The van der Waals surface area contributed by atoms with E-state index in [2.05, 4.69) is 18.9 Å². The van der Waals surface area contributed by atoms with E-state index in [0.717, 1.165) is 6.54 Å². The molecule has 0 aromatic rings. The minimum absolute atomic E-state index is 0.477. The van der Waals surface area contributed by atoms with Gasteiger partial charge in [-0.05, 0) is 20.4 Å². The first-order valence-corrected chi connectivity index (χ1v) is 3.47. The summed E-state index contributed by atoms with van der Waals surface area (Å²) in [5, 5.41) is 0. The molecule has 0 aromatic carbocycles. The number of hydrogen-bond acceptors (Lipinski definition) is 2. The molecule has 2 atom stereocenters. The van der Waals surface area contributed by atoms with Crippen molar-refractivity contribution in [2.45, 2.75) is 25.5 Å². The lowest BCUT2D eigenvalue weighted by Crippen LogP contribution is -2.22. The van der Waals surface area contributed by atoms with E-state index in [9.17, 15) is 0 Å². The van der Waals surface area contributed by atoms with E-state index in [0.29, 0.717) is 12.1 Å². The Labute approximate surface area is 56.8 Å². The van der Waals surface area contributed by atoms with Gasteiger partial charge in [-0.3, -0.25) is 0 Å². The topological polar surface area (TPSA) is 12.5 Å². The fourth-order valence-corrected chi connectivity index (χ4v) is 1.31. The number of methoxy groups -OCH3 is 1. The van der Waals surface area contributed by atoms with E-state index in [1.165, 1.54) is 6.42 Å². The van der Waals surface area contributed by atoms with Crippen LogP contribution in [0.3, 0.4) is 0 Å². The third-order valence-electron chi connectivity index (χ3n) is 2.18. The Morgan fingerprint density at radius 3 is 2.44 bits per heavy atom. The Morgan fingerprint density at radius 1 is 1.56 bits per heavy atom. The molecule has 0 aromatic heterocycles. The molecule has 54 valence electrons. The predicted molar refractivity (Wildman–Crippen MR) is 37.5 cm³/mol. The Bertz CT molecular complexity index is 84.9. The molecule has 1 aliphatic rings. The van der Waals surface area contributed by atoms with Gasteiger partial charge in [0.25, 0.3) is 0 Å². The van der Waals surface area contributed by atoms with Crippen molar-refractivity contribution in [3.05, 3.63) is 0 Å². The molecule has 0 spiro atoms. The molecule has 2 unspecified atom stereocenters. The van der Waals surface area contributed by atoms with Crippen LogP contribution < -0.4 is 0 Å². The Hall–Kier alpha value is -0.0800. The lowest BCUT2D eigenvalue weighted by atomic mass is 10.2. The van der Waals surface area contributed by atoms with Crippen molar-refractivity contribution in [1.29, 1.82) is 0 Å². The average molecular weight is 129 g/mol. The van der Waals surface area contributed by atoms with Crippen molar-refractivity contribution in [3.8, 4) is 0 Å². The quantitative estimate of drug-likeness (QED) is 0.517. The molecule has 2 heteroatoms. The van der Waals surface area contributed by atoms with Gasteiger partial charge in [-0.15, -0.1) is 0 Å². The highest BCUT2D eigenvalue weighted by Gasteiger charge is 2.25. The van der Waals surface area contributed by atoms with E-state index in [1.807, 2.05) is 0 Å². The van der Waals surface area contributed by atoms with E-state index in [1.54, 1.807) is 7.11 Å². The molecule has 0 amide bonds. The van der Waals surface area contributed by atoms with Crippen molar-refractivity contribution in [2.75, 3.05) is 20.7 Å². The van der Waals surface area contributed by atoms with Crippen molar-refractivity contribution < 1.29 is 4.74 Å². The van der Waals surface area contributed by atoms with Gasteiger partial charge in [-0.1, -0.05) is 0 Å². The van der Waals surface area contributed by atoms with E-state index >= 15 is 0 Å². The molecule has 2 nitrogen and oxygen atoms in total. The zero-order valence-corrected chi connectivity index (χ0v) is 6.42. The second-order valence-corrected chi connectivity index (χ2v) is 2.88. The van der Waals surface area contributed by atoms with Gasteiger partial charge in [0.05, 0.1) is 6.10 Å². The molecule has 1 heterocycles. The van der Waals surface area contributed by atoms with Gasteiger partial charge in [-0.2, -0.15) is 0 Å². The first-order chi connectivity index (χ1) is 4.24. The van der Waals surface area contributed by atoms with Crippen molar-refractivity contribution in [3.63, 3.8) is 0 Å². The van der Waals surface area contributed by atoms with Crippen LogP contribution in [0.2, 0.25) is 0 Å². The molecular weight excluding hydrogens is 114 g/mol. The van der Waals surface area contributed by atoms with Crippen LogP contribution in [0.1, 0.15) is 13.3 Å². The summed E-state index contributed by atoms with van der Waals surface area (Å²) >= 11 is 0. The van der Waals surface area contributed by atoms with Crippen LogP contribution >= 0.6 is 0 Å². The second kappa shape index (κ2) is 2.67. The van der Waals surface area contributed by atoms with Gasteiger partial charge in [0.15, 0.2) is 0 Å². The highest BCUT2D eigenvalue weighted by atomic mass is 16.5. The minimum Gasteiger partial charge on any atom is -0.380 e. The number of rotatable bonds is 1. The molecule has 0 saturated carbocycles. The summed E-state index contributed by atoms with van der Waals surface area (Å²) in [6.45, 7) is 3.33. The third-order valence-corrected chi connectivity index (χ3v) is 2.18. The van der Waals surface area contributed by atoms with Crippen LogP contribution in [0.4, 0.5) is 0 Å². The molecule has 1 fully saturated rings. The molecular formula is C7H15NO. The van der Waals surface area contributed by atoms with E-state index < -0.39 is 0 Å². The summed E-state index contributed by atoms with van der Waals surface area (Å²) in [7, 11) is 3.93. The summed E-state index contributed by atoms with van der Waals surface area (Å²) in [6, 6.07) is 0.704. The molecule has 0 bridgehead atoms. The van der Waals surface area contributed by atoms with Crippen LogP contribution in [0.25, 0.3) is 0 Å². The number of ether oxygens (including phenoxy) is 1. The maximum absolute atomic E-state index is 5.21. The van der Waals surface area contributed by atoms with Gasteiger partial charge >= 0.3 is 0 Å². The monoisotopic (exact) mass is 129 g/mol. The van der Waals surface area contributed by atoms with Gasteiger partial charge in [0.2, 0.25) is 0 Å². The lowest BCUT2D eigenvalue weighted by Gasteiger charge is -2.11. The van der Waals surface area contributed by atoms with Gasteiger partial charge < -0.3 is 9.64 Å². The lowest BCUT2D eigenvalue weighted by molar-refractivity contribution is 0.111. The summed E-state index contributed by atoms with van der Waals surface area (Å²) in [4.78, 5) is 2.33. The first-order valence-electron chi connectivity index (χ1n) is 3.47. The van der Waals surface area contributed by atoms with E-state index in [4.69, 9.17) is 4.74 Å². The SMILES string of the molecule is COC1CC(C)N(C)C1. The predicted octanol–water partition coefficient (Wildman–Crippen LogP) is 0.725. The molecule has 1 aliphatic heterocycles. The fourth-order valence-electron chi connectivity index (χ4n) is 1.31. The van der Waals surface area contributed by atoms with Gasteiger partial charge in [0.1, 0.15) is 0 Å².